The Morgan fingerprint density at radius 2 is 1.37 bits per heavy atom. The van der Waals surface area contributed by atoms with Crippen molar-refractivity contribution in [2.75, 3.05) is 12.4 Å². The van der Waals surface area contributed by atoms with Crippen LogP contribution < -0.4 is 11.1 Å². The molecule has 282 valence electrons. The molecule has 4 aliphatic heterocycles. The van der Waals surface area contributed by atoms with Gasteiger partial charge in [0.25, 0.3) is 11.1 Å². The number of carboxylic acid groups (broad SMARTS) is 2. The first kappa shape index (κ1) is 39.3. The molecule has 12 nitrogen and oxygen atoms in total. The van der Waals surface area contributed by atoms with Gasteiger partial charge in [0, 0.05) is 78.5 Å². The highest BCUT2D eigenvalue weighted by molar-refractivity contribution is 6.27. The van der Waals surface area contributed by atoms with Crippen molar-refractivity contribution in [2.24, 2.45) is 0 Å². The van der Waals surface area contributed by atoms with Gasteiger partial charge >= 0.3 is 11.9 Å². The molecular weight excluding hydrogens is 693 g/mol. The third-order valence-electron chi connectivity index (χ3n) is 10.6. The first-order chi connectivity index (χ1) is 25.0. The second-order valence-electron chi connectivity index (χ2n) is 13.9. The molecule has 0 amide bonds. The molecule has 1 aromatic carbocycles. The number of benzene rings is 1. The maximum Gasteiger partial charge on any atom is 0.414 e. The first-order valence-electron chi connectivity index (χ1n) is 18.3. The number of aliphatic carboxylic acids is 2. The van der Waals surface area contributed by atoms with Gasteiger partial charge in [0.15, 0.2) is 0 Å². The molecule has 3 aromatic rings. The number of carboxylic acids is 2. The lowest BCUT2D eigenvalue weighted by Gasteiger charge is -2.39. The molecule has 4 aliphatic rings. The summed E-state index contributed by atoms with van der Waals surface area (Å²) in [5.74, 6) is -1.45. The summed E-state index contributed by atoms with van der Waals surface area (Å²) in [6, 6.07) is 7.85. The summed E-state index contributed by atoms with van der Waals surface area (Å²) in [6.07, 6.45) is 12.2. The van der Waals surface area contributed by atoms with Crippen LogP contribution in [0.25, 0.3) is 0 Å². The van der Waals surface area contributed by atoms with Gasteiger partial charge < -0.3 is 14.9 Å². The Kier molecular flexibility index (Phi) is 13.7. The van der Waals surface area contributed by atoms with E-state index in [9.17, 15) is 14.0 Å². The Morgan fingerprint density at radius 3 is 1.87 bits per heavy atom. The van der Waals surface area contributed by atoms with Crippen molar-refractivity contribution in [2.45, 2.75) is 129 Å². The Bertz CT molecular complexity index is 1840. The zero-order valence-electron chi connectivity index (χ0n) is 30.0. The zero-order chi connectivity index (χ0) is 37.4. The number of rotatable bonds is 8. The number of ether oxygens (including phenoxy) is 1. The fourth-order valence-corrected chi connectivity index (χ4v) is 8.11. The molecule has 0 radical (unpaired) electrons. The van der Waals surface area contributed by atoms with Gasteiger partial charge in [-0.05, 0) is 84.1 Å². The molecule has 14 heteroatoms. The van der Waals surface area contributed by atoms with Gasteiger partial charge in [0.05, 0.1) is 12.7 Å². The number of nitrogens with zero attached hydrogens (tertiary/aromatic N) is 5. The Labute approximate surface area is 307 Å². The van der Waals surface area contributed by atoms with Crippen LogP contribution in [0.1, 0.15) is 91.1 Å². The molecule has 2 fully saturated rings. The number of aromatic nitrogens is 4. The fourth-order valence-electron chi connectivity index (χ4n) is 7.92. The summed E-state index contributed by atoms with van der Waals surface area (Å²) in [5.41, 5.74) is 4.38. The van der Waals surface area contributed by atoms with Crippen molar-refractivity contribution in [3.8, 4) is 0 Å². The van der Waals surface area contributed by atoms with E-state index in [4.69, 9.17) is 41.1 Å². The topological polar surface area (TPSA) is 157 Å². The number of carbonyl (C=O) groups is 2. The lowest BCUT2D eigenvalue weighted by Crippen LogP contribution is -2.46. The van der Waals surface area contributed by atoms with E-state index in [2.05, 4.69) is 9.88 Å². The third-order valence-corrected chi connectivity index (χ3v) is 10.8. The SMILES string of the molecule is Cc1nc2n(c(=O)c1CCCl)CCCC2.Cc1nc2n(c(=O)c1CCN1C3CCC1CC(OCc1ccccc1F)C3)CCCC2.O=C(O)C(=O)O. The number of fused-ring (bicyclic) bond motifs is 4. The van der Waals surface area contributed by atoms with E-state index in [1.165, 1.54) is 18.9 Å². The fraction of sp³-hybridized carbons (Fsp3) is 0.579. The molecule has 2 N–H and O–H groups in total. The van der Waals surface area contributed by atoms with Crippen LogP contribution in [0, 0.1) is 19.7 Å². The van der Waals surface area contributed by atoms with Crippen LogP contribution in [0.2, 0.25) is 0 Å². The summed E-state index contributed by atoms with van der Waals surface area (Å²) in [6.45, 7) is 6.77. The average Bonchev–Trinajstić information content (AvgIpc) is 3.36. The van der Waals surface area contributed by atoms with Crippen LogP contribution in [0.15, 0.2) is 33.9 Å². The quantitative estimate of drug-likeness (QED) is 0.247. The highest BCUT2D eigenvalue weighted by Gasteiger charge is 2.41. The van der Waals surface area contributed by atoms with E-state index in [0.717, 1.165) is 112 Å². The van der Waals surface area contributed by atoms with Crippen molar-refractivity contribution in [3.05, 3.63) is 90.5 Å². The van der Waals surface area contributed by atoms with E-state index >= 15 is 0 Å². The van der Waals surface area contributed by atoms with Crippen LogP contribution in [0.4, 0.5) is 4.39 Å². The van der Waals surface area contributed by atoms with Crippen LogP contribution in [-0.4, -0.2) is 76.8 Å². The molecule has 2 saturated heterocycles. The molecule has 2 bridgehead atoms. The van der Waals surface area contributed by atoms with Gasteiger partial charge in [-0.1, -0.05) is 18.2 Å². The van der Waals surface area contributed by atoms with E-state index in [0.29, 0.717) is 36.6 Å². The predicted molar refractivity (Wildman–Crippen MR) is 193 cm³/mol. The van der Waals surface area contributed by atoms with Gasteiger partial charge in [-0.3, -0.25) is 23.6 Å². The number of aryl methyl sites for hydroxylation is 4. The van der Waals surface area contributed by atoms with Gasteiger partial charge in [0.1, 0.15) is 17.5 Å². The van der Waals surface area contributed by atoms with Gasteiger partial charge in [-0.25, -0.2) is 23.9 Å². The van der Waals surface area contributed by atoms with E-state index in [1.54, 1.807) is 12.1 Å². The number of hydrogen-bond acceptors (Lipinski definition) is 8. The number of piperidine rings is 1. The average molecular weight is 742 g/mol. The first-order valence-corrected chi connectivity index (χ1v) is 18.8. The minimum atomic E-state index is -1.82. The molecule has 52 heavy (non-hydrogen) atoms. The monoisotopic (exact) mass is 741 g/mol. The van der Waals surface area contributed by atoms with Crippen LogP contribution in [-0.2, 0) is 59.7 Å². The number of hydrogen-bond donors (Lipinski definition) is 2. The summed E-state index contributed by atoms with van der Waals surface area (Å²) >= 11 is 5.69. The Hall–Kier alpha value is -3.94. The van der Waals surface area contributed by atoms with Crippen molar-refractivity contribution in [1.29, 1.82) is 0 Å². The molecule has 0 saturated carbocycles. The summed E-state index contributed by atoms with van der Waals surface area (Å²) in [7, 11) is 0. The Balaban J connectivity index is 0.000000206. The molecule has 2 unspecified atom stereocenters. The van der Waals surface area contributed by atoms with E-state index < -0.39 is 11.9 Å². The largest absolute Gasteiger partial charge is 0.473 e. The predicted octanol–water partition coefficient (Wildman–Crippen LogP) is 4.61. The van der Waals surface area contributed by atoms with Crippen molar-refractivity contribution in [1.82, 2.24) is 24.0 Å². The second-order valence-corrected chi connectivity index (χ2v) is 14.3. The Morgan fingerprint density at radius 1 is 0.846 bits per heavy atom. The highest BCUT2D eigenvalue weighted by atomic mass is 35.5. The molecule has 0 aliphatic carbocycles. The van der Waals surface area contributed by atoms with Crippen molar-refractivity contribution in [3.63, 3.8) is 0 Å². The minimum Gasteiger partial charge on any atom is -0.473 e. The summed E-state index contributed by atoms with van der Waals surface area (Å²) < 4.78 is 23.7. The van der Waals surface area contributed by atoms with E-state index in [1.807, 2.05) is 29.0 Å². The highest BCUT2D eigenvalue weighted by Crippen LogP contribution is 2.37. The van der Waals surface area contributed by atoms with Crippen LogP contribution >= 0.6 is 11.6 Å². The van der Waals surface area contributed by atoms with Gasteiger partial charge in [-0.2, -0.15) is 0 Å². The number of alkyl halides is 1. The normalized spacial score (nSPS) is 20.4. The van der Waals surface area contributed by atoms with Crippen molar-refractivity contribution >= 4 is 23.5 Å². The lowest BCUT2D eigenvalue weighted by molar-refractivity contribution is -0.159. The molecule has 2 atom stereocenters. The second kappa shape index (κ2) is 18.2. The smallest absolute Gasteiger partial charge is 0.414 e. The van der Waals surface area contributed by atoms with Crippen LogP contribution in [0.3, 0.4) is 0 Å². The zero-order valence-corrected chi connectivity index (χ0v) is 30.7. The summed E-state index contributed by atoms with van der Waals surface area (Å²) in [5, 5.41) is 14.8. The maximum atomic E-state index is 13.9. The minimum absolute atomic E-state index is 0.123. The van der Waals surface area contributed by atoms with E-state index in [-0.39, 0.29) is 23.0 Å². The maximum absolute atomic E-state index is 13.9. The molecule has 0 spiro atoms. The third kappa shape index (κ3) is 9.53. The van der Waals surface area contributed by atoms with Crippen LogP contribution in [0.5, 0.6) is 0 Å². The molecule has 2 aromatic heterocycles. The lowest BCUT2D eigenvalue weighted by atomic mass is 9.98. The van der Waals surface area contributed by atoms with Gasteiger partial charge in [0.2, 0.25) is 0 Å². The molecule has 7 rings (SSSR count). The summed E-state index contributed by atoms with van der Waals surface area (Å²) in [4.78, 5) is 55.2. The van der Waals surface area contributed by atoms with Crippen molar-refractivity contribution < 1.29 is 28.9 Å². The molecule has 6 heterocycles. The van der Waals surface area contributed by atoms with Gasteiger partial charge in [-0.15, -0.1) is 11.6 Å². The number of halogens is 2. The molecular formula is C38H49ClFN5O7. The standard InChI is InChI=1S/C25H32FN3O2.C11H15ClN2O.C2H2O4/c1-17-22(25(30)29-12-5-4-8-24(29)27-17)11-13-28-19-9-10-20(28)15-21(14-19)31-16-18-6-2-3-7-23(18)26;1-8-9(5-6-12)11(15)14-7-3-2-4-10(14)13-8;3-1(4)2(5)6/h2-3,6-7,19-21H,4-5,8-16H2,1H3;2-7H2,1H3;(H,3,4)(H,5,6).